The Hall–Kier alpha value is -1.44. The van der Waals surface area contributed by atoms with Gasteiger partial charge in [0.2, 0.25) is 10.0 Å². The van der Waals surface area contributed by atoms with Crippen LogP contribution < -0.4 is 0 Å². The number of rotatable bonds is 5. The Labute approximate surface area is 176 Å². The van der Waals surface area contributed by atoms with Crippen molar-refractivity contribution in [2.75, 3.05) is 7.05 Å². The van der Waals surface area contributed by atoms with Crippen molar-refractivity contribution in [2.45, 2.75) is 10.9 Å². The third kappa shape index (κ3) is 4.20. The van der Waals surface area contributed by atoms with Gasteiger partial charge in [-0.15, -0.1) is 0 Å². The van der Waals surface area contributed by atoms with E-state index in [1.165, 1.54) is 23.5 Å². The fourth-order valence-electron chi connectivity index (χ4n) is 2.80. The highest BCUT2D eigenvalue weighted by Gasteiger charge is 2.34. The largest absolute Gasteiger partial charge is 0.259 e. The molecule has 0 saturated heterocycles. The zero-order chi connectivity index (χ0) is 19.6. The summed E-state index contributed by atoms with van der Waals surface area (Å²) in [6.07, 6.45) is 1.63. The van der Waals surface area contributed by atoms with Crippen molar-refractivity contribution in [1.82, 2.24) is 9.29 Å². The lowest BCUT2D eigenvalue weighted by atomic mass is 10.0. The number of benzene rings is 2. The summed E-state index contributed by atoms with van der Waals surface area (Å²) in [5.41, 5.74) is 1.38. The third-order valence-corrected chi connectivity index (χ3v) is 7.25. The number of aromatic nitrogens is 1. The van der Waals surface area contributed by atoms with E-state index in [0.29, 0.717) is 10.2 Å². The predicted molar refractivity (Wildman–Crippen MR) is 112 cm³/mol. The molecule has 2 aromatic carbocycles. The van der Waals surface area contributed by atoms with E-state index in [2.05, 4.69) is 20.9 Å². The molecule has 1 heterocycles. The first kappa shape index (κ1) is 20.3. The van der Waals surface area contributed by atoms with Gasteiger partial charge in [-0.25, -0.2) is 8.42 Å². The Balaban J connectivity index is 2.16. The second-order valence-electron chi connectivity index (χ2n) is 5.79. The summed E-state index contributed by atoms with van der Waals surface area (Å²) < 4.78 is 28.6. The maximum atomic E-state index is 13.4. The molecule has 1 unspecified atom stereocenters. The average molecular weight is 486 g/mol. The maximum Gasteiger partial charge on any atom is 0.246 e. The minimum absolute atomic E-state index is 0.0501. The molecule has 0 aliphatic rings. The molecule has 3 rings (SSSR count). The van der Waals surface area contributed by atoms with Gasteiger partial charge in [-0.2, -0.15) is 4.31 Å². The second-order valence-corrected chi connectivity index (χ2v) is 9.45. The van der Waals surface area contributed by atoms with E-state index in [-0.39, 0.29) is 14.9 Å². The Morgan fingerprint density at radius 1 is 1.00 bits per heavy atom. The van der Waals surface area contributed by atoms with Gasteiger partial charge in [0.25, 0.3) is 0 Å². The van der Waals surface area contributed by atoms with E-state index in [0.717, 1.165) is 5.56 Å². The molecule has 0 aliphatic carbocycles. The van der Waals surface area contributed by atoms with Gasteiger partial charge in [-0.05, 0) is 29.8 Å². The van der Waals surface area contributed by atoms with Crippen LogP contribution in [-0.4, -0.2) is 24.8 Å². The molecule has 0 bridgehead atoms. The van der Waals surface area contributed by atoms with Crippen molar-refractivity contribution in [3.05, 3.63) is 92.6 Å². The summed E-state index contributed by atoms with van der Waals surface area (Å²) in [4.78, 5) is 4.23. The molecule has 0 N–H and O–H groups in total. The zero-order valence-electron chi connectivity index (χ0n) is 14.2. The van der Waals surface area contributed by atoms with Crippen molar-refractivity contribution >= 4 is 49.2 Å². The van der Waals surface area contributed by atoms with Crippen LogP contribution in [0.1, 0.15) is 17.3 Å². The molecule has 0 saturated carbocycles. The maximum absolute atomic E-state index is 13.4. The van der Waals surface area contributed by atoms with Crippen molar-refractivity contribution in [2.24, 2.45) is 0 Å². The number of hydrogen-bond donors (Lipinski definition) is 0. The normalized spacial score (nSPS) is 12.9. The quantitative estimate of drug-likeness (QED) is 0.475. The molecule has 140 valence electrons. The highest BCUT2D eigenvalue weighted by atomic mass is 79.9. The van der Waals surface area contributed by atoms with Gasteiger partial charge >= 0.3 is 0 Å². The Bertz CT molecular complexity index is 985. The van der Waals surface area contributed by atoms with E-state index in [4.69, 9.17) is 23.2 Å². The first-order chi connectivity index (χ1) is 12.8. The summed E-state index contributed by atoms with van der Waals surface area (Å²) in [6.45, 7) is 0. The highest BCUT2D eigenvalue weighted by molar-refractivity contribution is 9.10. The lowest BCUT2D eigenvalue weighted by molar-refractivity contribution is 0.412. The topological polar surface area (TPSA) is 50.3 Å². The van der Waals surface area contributed by atoms with Crippen LogP contribution in [0.25, 0.3) is 0 Å². The van der Waals surface area contributed by atoms with Gasteiger partial charge in [0.1, 0.15) is 4.90 Å². The molecule has 0 spiro atoms. The third-order valence-electron chi connectivity index (χ3n) is 4.05. The fraction of sp³-hybridized carbons (Fsp3) is 0.105. The van der Waals surface area contributed by atoms with Gasteiger partial charge in [0.15, 0.2) is 0 Å². The van der Waals surface area contributed by atoms with Crippen LogP contribution in [0.4, 0.5) is 0 Å². The molecule has 8 heteroatoms. The molecule has 1 aromatic heterocycles. The lowest BCUT2D eigenvalue weighted by Gasteiger charge is -2.28. The first-order valence-electron chi connectivity index (χ1n) is 7.91. The molecule has 0 fully saturated rings. The van der Waals surface area contributed by atoms with Crippen LogP contribution in [0.3, 0.4) is 0 Å². The van der Waals surface area contributed by atoms with Crippen LogP contribution >= 0.6 is 39.1 Å². The Kier molecular flexibility index (Phi) is 6.23. The van der Waals surface area contributed by atoms with Crippen LogP contribution in [0.2, 0.25) is 10.0 Å². The average Bonchev–Trinajstić information content (AvgIpc) is 2.62. The second kappa shape index (κ2) is 8.29. The molecule has 3 aromatic rings. The molecular weight excluding hydrogens is 471 g/mol. The number of nitrogens with zero attached hydrogens (tertiary/aromatic N) is 2. The van der Waals surface area contributed by atoms with E-state index in [9.17, 15) is 8.42 Å². The van der Waals surface area contributed by atoms with Gasteiger partial charge < -0.3 is 0 Å². The van der Waals surface area contributed by atoms with E-state index >= 15 is 0 Å². The molecule has 0 aliphatic heterocycles. The van der Waals surface area contributed by atoms with Gasteiger partial charge in [-0.1, -0.05) is 75.5 Å². The van der Waals surface area contributed by atoms with E-state index in [1.807, 2.05) is 36.4 Å². The highest BCUT2D eigenvalue weighted by Crippen LogP contribution is 2.38. The number of hydrogen-bond acceptors (Lipinski definition) is 3. The Morgan fingerprint density at radius 3 is 2.15 bits per heavy atom. The summed E-state index contributed by atoms with van der Waals surface area (Å²) in [6, 6.07) is 17.1. The molecule has 1 atom stereocenters. The molecule has 4 nitrogen and oxygen atoms in total. The van der Waals surface area contributed by atoms with Crippen molar-refractivity contribution < 1.29 is 8.42 Å². The van der Waals surface area contributed by atoms with Crippen LogP contribution in [0.15, 0.2) is 76.2 Å². The van der Waals surface area contributed by atoms with Crippen molar-refractivity contribution in [1.29, 1.82) is 0 Å². The van der Waals surface area contributed by atoms with E-state index < -0.39 is 16.1 Å². The first-order valence-corrected chi connectivity index (χ1v) is 10.9. The number of halogens is 3. The Morgan fingerprint density at radius 2 is 1.59 bits per heavy atom. The van der Waals surface area contributed by atoms with Gasteiger partial charge in [0, 0.05) is 17.7 Å². The summed E-state index contributed by atoms with van der Waals surface area (Å²) >= 11 is 15.7. The summed E-state index contributed by atoms with van der Waals surface area (Å²) in [5, 5.41) is 0.100. The lowest BCUT2D eigenvalue weighted by Crippen LogP contribution is -2.33. The summed E-state index contributed by atoms with van der Waals surface area (Å²) in [7, 11) is -2.51. The molecule has 0 radical (unpaired) electrons. The number of sulfonamides is 1. The SMILES string of the molecule is CN(C(c1ccccc1)c1ccccn1)S(=O)(=O)c1c(Cl)cc(Br)cc1Cl. The summed E-state index contributed by atoms with van der Waals surface area (Å²) in [5.74, 6) is 0. The van der Waals surface area contributed by atoms with Gasteiger partial charge in [-0.3, -0.25) is 4.98 Å². The number of pyridine rings is 1. The fourth-order valence-corrected chi connectivity index (χ4v) is 6.00. The van der Waals surface area contributed by atoms with Crippen LogP contribution in [0.5, 0.6) is 0 Å². The molecule has 27 heavy (non-hydrogen) atoms. The molecule has 0 amide bonds. The minimum Gasteiger partial charge on any atom is -0.259 e. The van der Waals surface area contributed by atoms with E-state index in [1.54, 1.807) is 18.3 Å². The predicted octanol–water partition coefficient (Wildman–Crippen LogP) is 5.56. The van der Waals surface area contributed by atoms with Crippen molar-refractivity contribution in [3.63, 3.8) is 0 Å². The minimum atomic E-state index is -4.00. The zero-order valence-corrected chi connectivity index (χ0v) is 18.1. The van der Waals surface area contributed by atoms with Gasteiger partial charge in [0.05, 0.1) is 21.8 Å². The van der Waals surface area contributed by atoms with Crippen LogP contribution in [0, 0.1) is 0 Å². The standard InChI is InChI=1S/C19H15BrCl2N2O2S/c1-24(27(25,26)19-15(21)11-14(20)12-16(19)22)18(13-7-3-2-4-8-13)17-9-5-6-10-23-17/h2-12,18H,1H3. The van der Waals surface area contributed by atoms with Crippen LogP contribution in [-0.2, 0) is 10.0 Å². The smallest absolute Gasteiger partial charge is 0.246 e. The van der Waals surface area contributed by atoms with Crippen molar-refractivity contribution in [3.8, 4) is 0 Å². The molecular formula is C19H15BrCl2N2O2S. The monoisotopic (exact) mass is 484 g/mol.